The maximum Gasteiger partial charge on any atom is 0.329 e. The number of aryl methyl sites for hydroxylation is 3. The number of nitrogens with one attached hydrogen (secondary N) is 3. The third-order valence-corrected chi connectivity index (χ3v) is 6.08. The lowest BCUT2D eigenvalue weighted by atomic mass is 10.0. The maximum absolute atomic E-state index is 13.7. The zero-order valence-corrected chi connectivity index (χ0v) is 25.9. The largest absolute Gasteiger partial charge is 0.460 e. The summed E-state index contributed by atoms with van der Waals surface area (Å²) in [6, 6.07) is 12.8. The highest BCUT2D eigenvalue weighted by Gasteiger charge is 2.32. The monoisotopic (exact) mass is 575 g/mol. The van der Waals surface area contributed by atoms with Crippen molar-refractivity contribution in [2.75, 3.05) is 10.6 Å². The Hall–Kier alpha value is -4.40. The van der Waals surface area contributed by atoms with Crippen LogP contribution in [0.3, 0.4) is 0 Å². The second-order valence-electron chi connectivity index (χ2n) is 12.4. The van der Waals surface area contributed by atoms with E-state index in [9.17, 15) is 19.2 Å². The number of esters is 2. The Morgan fingerprint density at radius 3 is 1.86 bits per heavy atom. The van der Waals surface area contributed by atoms with Gasteiger partial charge in [-0.25, -0.2) is 9.59 Å². The normalized spacial score (nSPS) is 12.3. The number of urea groups is 1. The van der Waals surface area contributed by atoms with Crippen molar-refractivity contribution >= 4 is 46.0 Å². The topological polar surface area (TPSA) is 123 Å². The van der Waals surface area contributed by atoms with E-state index in [0.717, 1.165) is 27.5 Å². The number of anilines is 2. The summed E-state index contributed by atoms with van der Waals surface area (Å²) in [5.74, 6) is -2.11. The molecule has 0 aliphatic heterocycles. The van der Waals surface area contributed by atoms with Crippen molar-refractivity contribution in [3.8, 4) is 0 Å². The van der Waals surface area contributed by atoms with Crippen molar-refractivity contribution < 1.29 is 28.7 Å². The van der Waals surface area contributed by atoms with Gasteiger partial charge in [0.05, 0.1) is 17.7 Å². The number of hydrogen-bond acceptors (Lipinski definition) is 6. The molecule has 9 nitrogen and oxygen atoms in total. The van der Waals surface area contributed by atoms with Crippen LogP contribution in [0, 0.1) is 20.8 Å². The molecule has 3 aromatic carbocycles. The van der Waals surface area contributed by atoms with Gasteiger partial charge < -0.3 is 25.4 Å². The number of amides is 3. The van der Waals surface area contributed by atoms with Gasteiger partial charge in [-0.3, -0.25) is 9.59 Å². The maximum atomic E-state index is 13.7. The van der Waals surface area contributed by atoms with Gasteiger partial charge in [-0.2, -0.15) is 0 Å². The number of hydrogen-bond donors (Lipinski definition) is 3. The van der Waals surface area contributed by atoms with E-state index in [0.29, 0.717) is 5.69 Å². The first-order valence-corrected chi connectivity index (χ1v) is 13.9. The summed E-state index contributed by atoms with van der Waals surface area (Å²) in [6.07, 6.45) is -0.430. The Bertz CT molecular complexity index is 1490. The summed E-state index contributed by atoms with van der Waals surface area (Å²) in [4.78, 5) is 52.6. The first kappa shape index (κ1) is 32.1. The van der Waals surface area contributed by atoms with Crippen molar-refractivity contribution in [1.82, 2.24) is 5.32 Å². The van der Waals surface area contributed by atoms with Gasteiger partial charge >= 0.3 is 18.0 Å². The molecule has 3 N–H and O–H groups in total. The number of rotatable bonds is 7. The second-order valence-corrected chi connectivity index (χ2v) is 12.4. The van der Waals surface area contributed by atoms with E-state index < -0.39 is 47.5 Å². The molecule has 3 rings (SSSR count). The molecule has 0 bridgehead atoms. The number of carbonyl (C=O) groups is 4. The van der Waals surface area contributed by atoms with E-state index in [1.165, 1.54) is 0 Å². The third-order valence-electron chi connectivity index (χ3n) is 6.08. The highest BCUT2D eigenvalue weighted by atomic mass is 16.6. The molecule has 0 aromatic heterocycles. The molecule has 0 aliphatic carbocycles. The van der Waals surface area contributed by atoms with Gasteiger partial charge in [0.25, 0.3) is 5.91 Å². The first-order chi connectivity index (χ1) is 19.4. The molecule has 0 radical (unpaired) electrons. The lowest BCUT2D eigenvalue weighted by Crippen LogP contribution is -2.46. The Balaban J connectivity index is 1.95. The Kier molecular flexibility index (Phi) is 9.66. The summed E-state index contributed by atoms with van der Waals surface area (Å²) in [6.45, 7) is 16.0. The van der Waals surface area contributed by atoms with Gasteiger partial charge in [-0.1, -0.05) is 42.0 Å². The molecular weight excluding hydrogens is 534 g/mol. The molecule has 0 aliphatic rings. The van der Waals surface area contributed by atoms with Gasteiger partial charge in [0.2, 0.25) is 0 Å². The summed E-state index contributed by atoms with van der Waals surface area (Å²) in [7, 11) is 0. The van der Waals surface area contributed by atoms with Crippen molar-refractivity contribution in [2.24, 2.45) is 0 Å². The standard InChI is InChI=1S/C33H41N3O6/c1-19-14-20(2)28(21(3)15-19)36-31(40)35-25-17-23-13-11-10-12-22(23)16-24(25)29(38)34-26(30(39)42-33(7,8)9)18-27(37)41-32(4,5)6/h10-17,26H,18H2,1-9H3,(H,34,38)(H2,35,36,40)/t26-/m0/s1. The van der Waals surface area contributed by atoms with Gasteiger partial charge in [-0.15, -0.1) is 0 Å². The van der Waals surface area contributed by atoms with Crippen molar-refractivity contribution in [1.29, 1.82) is 0 Å². The van der Waals surface area contributed by atoms with Crippen LogP contribution in [0.4, 0.5) is 16.2 Å². The fourth-order valence-corrected chi connectivity index (χ4v) is 4.53. The van der Waals surface area contributed by atoms with E-state index >= 15 is 0 Å². The van der Waals surface area contributed by atoms with Crippen LogP contribution in [0.2, 0.25) is 0 Å². The number of carbonyl (C=O) groups excluding carboxylic acids is 4. The molecule has 0 saturated carbocycles. The summed E-state index contributed by atoms with van der Waals surface area (Å²) < 4.78 is 10.9. The molecule has 0 spiro atoms. The van der Waals surface area contributed by atoms with Gasteiger partial charge in [0.1, 0.15) is 17.2 Å². The average Bonchev–Trinajstić information content (AvgIpc) is 2.83. The molecule has 3 aromatic rings. The van der Waals surface area contributed by atoms with Crippen LogP contribution in [0.15, 0.2) is 48.5 Å². The minimum absolute atomic E-state index is 0.110. The van der Waals surface area contributed by atoms with Crippen LogP contribution >= 0.6 is 0 Å². The van der Waals surface area contributed by atoms with Gasteiger partial charge in [0, 0.05) is 5.69 Å². The van der Waals surface area contributed by atoms with Gasteiger partial charge in [-0.05, 0) is 96.3 Å². The molecule has 0 saturated heterocycles. The molecule has 0 unspecified atom stereocenters. The molecular formula is C33H41N3O6. The SMILES string of the molecule is Cc1cc(C)c(NC(=O)Nc2cc3ccccc3cc2C(=O)N[C@@H](CC(=O)OC(C)(C)C)C(=O)OC(C)(C)C)c(C)c1. The molecule has 0 heterocycles. The second kappa shape index (κ2) is 12.6. The third kappa shape index (κ3) is 9.06. The molecule has 0 fully saturated rings. The predicted molar refractivity (Wildman–Crippen MR) is 165 cm³/mol. The fourth-order valence-electron chi connectivity index (χ4n) is 4.53. The van der Waals surface area contributed by atoms with Gasteiger partial charge in [0.15, 0.2) is 0 Å². The Labute approximate surface area is 247 Å². The number of ether oxygens (including phenoxy) is 2. The molecule has 224 valence electrons. The molecule has 1 atom stereocenters. The molecule has 42 heavy (non-hydrogen) atoms. The average molecular weight is 576 g/mol. The highest BCUT2D eigenvalue weighted by molar-refractivity contribution is 6.10. The Morgan fingerprint density at radius 2 is 1.31 bits per heavy atom. The van der Waals surface area contributed by atoms with E-state index in [1.807, 2.05) is 57.2 Å². The summed E-state index contributed by atoms with van der Waals surface area (Å²) in [5.41, 5.74) is 2.26. The molecule has 9 heteroatoms. The quantitative estimate of drug-likeness (QED) is 0.274. The Morgan fingerprint density at radius 1 is 0.762 bits per heavy atom. The smallest absolute Gasteiger partial charge is 0.329 e. The van der Waals surface area contributed by atoms with E-state index in [4.69, 9.17) is 9.47 Å². The van der Waals surface area contributed by atoms with Crippen LogP contribution in [0.25, 0.3) is 10.8 Å². The number of fused-ring (bicyclic) bond motifs is 1. The first-order valence-electron chi connectivity index (χ1n) is 13.9. The van der Waals surface area contributed by atoms with E-state index in [2.05, 4.69) is 16.0 Å². The zero-order chi connectivity index (χ0) is 31.4. The van der Waals surface area contributed by atoms with Crippen LogP contribution < -0.4 is 16.0 Å². The zero-order valence-electron chi connectivity index (χ0n) is 25.9. The highest BCUT2D eigenvalue weighted by Crippen LogP contribution is 2.27. The van der Waals surface area contributed by atoms with E-state index in [-0.39, 0.29) is 11.3 Å². The van der Waals surface area contributed by atoms with Crippen molar-refractivity contribution in [3.63, 3.8) is 0 Å². The van der Waals surface area contributed by atoms with Crippen LogP contribution in [0.1, 0.15) is 75.0 Å². The fraction of sp³-hybridized carbons (Fsp3) is 0.394. The van der Waals surface area contributed by atoms with E-state index in [1.54, 1.807) is 53.7 Å². The summed E-state index contributed by atoms with van der Waals surface area (Å²) >= 11 is 0. The molecule has 3 amide bonds. The van der Waals surface area contributed by atoms with Crippen LogP contribution in [-0.2, 0) is 19.1 Å². The van der Waals surface area contributed by atoms with Crippen molar-refractivity contribution in [2.45, 2.75) is 86.0 Å². The lowest BCUT2D eigenvalue weighted by molar-refractivity contribution is -0.164. The van der Waals surface area contributed by atoms with Crippen LogP contribution in [-0.4, -0.2) is 41.1 Å². The summed E-state index contributed by atoms with van der Waals surface area (Å²) in [5, 5.41) is 9.86. The number of benzene rings is 3. The van der Waals surface area contributed by atoms with Crippen molar-refractivity contribution in [3.05, 3.63) is 70.8 Å². The lowest BCUT2D eigenvalue weighted by Gasteiger charge is -2.26. The minimum Gasteiger partial charge on any atom is -0.460 e. The minimum atomic E-state index is -1.32. The van der Waals surface area contributed by atoms with Crippen LogP contribution in [0.5, 0.6) is 0 Å². The predicted octanol–water partition coefficient (Wildman–Crippen LogP) is 6.58.